The van der Waals surface area contributed by atoms with Crippen molar-refractivity contribution in [2.75, 3.05) is 11.1 Å². The molecule has 0 radical (unpaired) electrons. The molecule has 0 bridgehead atoms. The standard InChI is InChI=1S/C10H11N5O2/c1-14-6-12-9(15(16)17)10(14)13-8-4-2-7(11)3-5-8/h2-6,13H,11H2,1H3. The molecule has 7 nitrogen and oxygen atoms in total. The first-order valence-corrected chi connectivity index (χ1v) is 4.86. The number of hydrogen-bond donors (Lipinski definition) is 2. The van der Waals surface area contributed by atoms with Gasteiger partial charge in [0.2, 0.25) is 12.1 Å². The fraction of sp³-hybridized carbons (Fsp3) is 0.100. The lowest BCUT2D eigenvalue weighted by atomic mass is 10.3. The fourth-order valence-corrected chi connectivity index (χ4v) is 1.40. The number of benzene rings is 1. The lowest BCUT2D eigenvalue weighted by Crippen LogP contribution is -2.00. The van der Waals surface area contributed by atoms with Gasteiger partial charge in [-0.1, -0.05) is 0 Å². The summed E-state index contributed by atoms with van der Waals surface area (Å²) >= 11 is 0. The van der Waals surface area contributed by atoms with Crippen molar-refractivity contribution in [3.8, 4) is 0 Å². The van der Waals surface area contributed by atoms with Gasteiger partial charge in [-0.15, -0.1) is 0 Å². The highest BCUT2D eigenvalue weighted by molar-refractivity contribution is 5.65. The van der Waals surface area contributed by atoms with Crippen LogP contribution in [0.1, 0.15) is 0 Å². The molecule has 2 aromatic rings. The summed E-state index contributed by atoms with van der Waals surface area (Å²) < 4.78 is 1.55. The fourth-order valence-electron chi connectivity index (χ4n) is 1.40. The Bertz CT molecular complexity index is 546. The molecule has 0 atom stereocenters. The second-order valence-corrected chi connectivity index (χ2v) is 3.53. The van der Waals surface area contributed by atoms with Gasteiger partial charge in [-0.3, -0.25) is 4.57 Å². The average Bonchev–Trinajstić information content (AvgIpc) is 2.64. The first kappa shape index (κ1) is 10.9. The number of aryl methyl sites for hydroxylation is 1. The van der Waals surface area contributed by atoms with E-state index in [2.05, 4.69) is 10.3 Å². The molecule has 0 amide bonds. The summed E-state index contributed by atoms with van der Waals surface area (Å²) in [4.78, 5) is 13.9. The number of aromatic nitrogens is 2. The van der Waals surface area contributed by atoms with Gasteiger partial charge in [-0.25, -0.2) is 0 Å². The van der Waals surface area contributed by atoms with Crippen LogP contribution in [0.5, 0.6) is 0 Å². The van der Waals surface area contributed by atoms with Gasteiger partial charge in [0.05, 0.1) is 0 Å². The molecule has 1 aromatic heterocycles. The number of nitro groups is 1. The number of hydrogen-bond acceptors (Lipinski definition) is 5. The smallest absolute Gasteiger partial charge is 0.399 e. The minimum atomic E-state index is -0.528. The Morgan fingerprint density at radius 3 is 2.65 bits per heavy atom. The first-order valence-electron chi connectivity index (χ1n) is 4.86. The van der Waals surface area contributed by atoms with Crippen molar-refractivity contribution < 1.29 is 4.92 Å². The van der Waals surface area contributed by atoms with E-state index >= 15 is 0 Å². The molecule has 2 rings (SSSR count). The van der Waals surface area contributed by atoms with Gasteiger partial charge in [-0.05, 0) is 34.2 Å². The average molecular weight is 233 g/mol. The molecule has 0 aliphatic carbocycles. The van der Waals surface area contributed by atoms with E-state index in [0.717, 1.165) is 0 Å². The summed E-state index contributed by atoms with van der Waals surface area (Å²) in [5.74, 6) is 0.129. The van der Waals surface area contributed by atoms with E-state index in [1.165, 1.54) is 6.33 Å². The van der Waals surface area contributed by atoms with Crippen LogP contribution in [-0.2, 0) is 7.05 Å². The summed E-state index contributed by atoms with van der Waals surface area (Å²) in [6.45, 7) is 0. The topological polar surface area (TPSA) is 99.0 Å². The molecule has 0 aliphatic heterocycles. The predicted molar refractivity (Wildman–Crippen MR) is 64.0 cm³/mol. The SMILES string of the molecule is Cn1cnc([N+](=O)[O-])c1Nc1ccc(N)cc1. The summed E-state index contributed by atoms with van der Waals surface area (Å²) in [5, 5.41) is 13.7. The largest absolute Gasteiger partial charge is 0.406 e. The van der Waals surface area contributed by atoms with Crippen molar-refractivity contribution in [2.45, 2.75) is 0 Å². The van der Waals surface area contributed by atoms with Crippen molar-refractivity contribution in [3.63, 3.8) is 0 Å². The predicted octanol–water partition coefficient (Wildman–Crippen LogP) is 1.65. The zero-order valence-electron chi connectivity index (χ0n) is 9.12. The Hall–Kier alpha value is -2.57. The van der Waals surface area contributed by atoms with Crippen molar-refractivity contribution in [1.82, 2.24) is 9.55 Å². The normalized spacial score (nSPS) is 10.2. The van der Waals surface area contributed by atoms with Crippen LogP contribution in [0.3, 0.4) is 0 Å². The summed E-state index contributed by atoms with van der Waals surface area (Å²) in [5.41, 5.74) is 6.90. The van der Waals surface area contributed by atoms with Crippen LogP contribution in [0.2, 0.25) is 0 Å². The maximum atomic E-state index is 10.7. The number of nitrogens with zero attached hydrogens (tertiary/aromatic N) is 3. The molecule has 7 heteroatoms. The molecule has 17 heavy (non-hydrogen) atoms. The van der Waals surface area contributed by atoms with E-state index < -0.39 is 4.92 Å². The van der Waals surface area contributed by atoms with Crippen molar-refractivity contribution >= 4 is 23.0 Å². The summed E-state index contributed by atoms with van der Waals surface area (Å²) in [7, 11) is 1.68. The van der Waals surface area contributed by atoms with Crippen LogP contribution < -0.4 is 11.1 Å². The molecule has 1 heterocycles. The van der Waals surface area contributed by atoms with Gasteiger partial charge in [0, 0.05) is 18.4 Å². The Morgan fingerprint density at radius 1 is 1.41 bits per heavy atom. The molecule has 0 unspecified atom stereocenters. The number of nitrogens with two attached hydrogens (primary N) is 1. The highest BCUT2D eigenvalue weighted by atomic mass is 16.6. The number of rotatable bonds is 3. The minimum Gasteiger partial charge on any atom is -0.399 e. The van der Waals surface area contributed by atoms with Crippen LogP contribution in [0.15, 0.2) is 30.6 Å². The minimum absolute atomic E-state index is 0.204. The number of imidazole rings is 1. The number of nitrogens with one attached hydrogen (secondary N) is 1. The third kappa shape index (κ3) is 2.17. The van der Waals surface area contributed by atoms with E-state index in [9.17, 15) is 10.1 Å². The molecule has 0 fully saturated rings. The van der Waals surface area contributed by atoms with Gasteiger partial charge >= 0.3 is 5.82 Å². The van der Waals surface area contributed by atoms with Crippen LogP contribution in [0.25, 0.3) is 0 Å². The zero-order chi connectivity index (χ0) is 12.4. The molecule has 1 aromatic carbocycles. The molecular weight excluding hydrogens is 222 g/mol. The molecule has 0 aliphatic rings. The number of anilines is 3. The van der Waals surface area contributed by atoms with Gasteiger partial charge in [-0.2, -0.15) is 0 Å². The second-order valence-electron chi connectivity index (χ2n) is 3.53. The van der Waals surface area contributed by atoms with Gasteiger partial charge in [0.1, 0.15) is 0 Å². The van der Waals surface area contributed by atoms with E-state index in [-0.39, 0.29) is 5.82 Å². The summed E-state index contributed by atoms with van der Waals surface area (Å²) in [6, 6.07) is 6.91. The molecule has 0 spiro atoms. The molecule has 88 valence electrons. The molecule has 3 N–H and O–H groups in total. The lowest BCUT2D eigenvalue weighted by Gasteiger charge is -2.06. The van der Waals surface area contributed by atoms with E-state index in [1.54, 1.807) is 35.9 Å². The first-order chi connectivity index (χ1) is 8.08. The lowest BCUT2D eigenvalue weighted by molar-refractivity contribution is -0.388. The quantitative estimate of drug-likeness (QED) is 0.477. The third-order valence-electron chi connectivity index (χ3n) is 2.26. The van der Waals surface area contributed by atoms with E-state index in [4.69, 9.17) is 5.73 Å². The molecular formula is C10H11N5O2. The van der Waals surface area contributed by atoms with Crippen LogP contribution in [0.4, 0.5) is 23.0 Å². The number of nitrogen functional groups attached to an aromatic ring is 1. The molecule has 0 saturated carbocycles. The van der Waals surface area contributed by atoms with Crippen molar-refractivity contribution in [2.24, 2.45) is 7.05 Å². The maximum absolute atomic E-state index is 10.7. The second kappa shape index (κ2) is 4.12. The zero-order valence-corrected chi connectivity index (χ0v) is 9.12. The molecule has 0 saturated heterocycles. The Balaban J connectivity index is 2.32. The van der Waals surface area contributed by atoms with Crippen LogP contribution in [-0.4, -0.2) is 14.5 Å². The van der Waals surface area contributed by atoms with Crippen molar-refractivity contribution in [3.05, 3.63) is 40.7 Å². The summed E-state index contributed by atoms with van der Waals surface area (Å²) in [6.07, 6.45) is 1.39. The van der Waals surface area contributed by atoms with Gasteiger partial charge in [0.15, 0.2) is 0 Å². The Kier molecular flexibility index (Phi) is 2.65. The third-order valence-corrected chi connectivity index (χ3v) is 2.26. The van der Waals surface area contributed by atoms with E-state index in [1.807, 2.05) is 0 Å². The Labute approximate surface area is 97.0 Å². The monoisotopic (exact) mass is 233 g/mol. The van der Waals surface area contributed by atoms with Crippen molar-refractivity contribution in [1.29, 1.82) is 0 Å². The Morgan fingerprint density at radius 2 is 2.06 bits per heavy atom. The van der Waals surface area contributed by atoms with Gasteiger partial charge < -0.3 is 21.2 Å². The highest BCUT2D eigenvalue weighted by Crippen LogP contribution is 2.25. The van der Waals surface area contributed by atoms with Crippen LogP contribution in [0, 0.1) is 10.1 Å². The van der Waals surface area contributed by atoms with E-state index in [0.29, 0.717) is 17.2 Å². The highest BCUT2D eigenvalue weighted by Gasteiger charge is 2.19. The van der Waals surface area contributed by atoms with Gasteiger partial charge in [0.25, 0.3) is 0 Å². The maximum Gasteiger partial charge on any atom is 0.406 e. The van der Waals surface area contributed by atoms with Crippen LogP contribution >= 0.6 is 0 Å².